The van der Waals surface area contributed by atoms with Gasteiger partial charge in [-0.1, -0.05) is 0 Å². The molecule has 1 rings (SSSR count). The van der Waals surface area contributed by atoms with Crippen LogP contribution >= 0.6 is 0 Å². The van der Waals surface area contributed by atoms with E-state index in [2.05, 4.69) is 0 Å². The molecule has 0 aliphatic carbocycles. The van der Waals surface area contributed by atoms with E-state index in [9.17, 15) is 31.1 Å². The number of carbonyl (C=O) groups is 1. The van der Waals surface area contributed by atoms with Crippen LogP contribution in [0, 0.1) is 0 Å². The van der Waals surface area contributed by atoms with Crippen molar-refractivity contribution in [1.29, 1.82) is 0 Å². The summed E-state index contributed by atoms with van der Waals surface area (Å²) in [6.07, 6.45) is -9.20. The molecule has 0 radical (unpaired) electrons. The van der Waals surface area contributed by atoms with Gasteiger partial charge in [0, 0.05) is 12.0 Å². The molecule has 8 heteroatoms. The molecule has 2 nitrogen and oxygen atoms in total. The Bertz CT molecular complexity index is 476. The van der Waals surface area contributed by atoms with E-state index in [-0.39, 0.29) is 18.8 Å². The van der Waals surface area contributed by atoms with Crippen LogP contribution in [0.3, 0.4) is 0 Å². The number of hydrogen-bond acceptors (Lipinski definition) is 2. The molecule has 0 saturated carbocycles. The first-order valence-electron chi connectivity index (χ1n) is 6.51. The van der Waals surface area contributed by atoms with Crippen molar-refractivity contribution in [2.75, 3.05) is 6.61 Å². The van der Waals surface area contributed by atoms with Crippen LogP contribution < -0.4 is 4.74 Å². The highest BCUT2D eigenvalue weighted by atomic mass is 19.4. The van der Waals surface area contributed by atoms with Gasteiger partial charge in [-0.3, -0.25) is 4.79 Å². The zero-order chi connectivity index (χ0) is 16.8. The Morgan fingerprint density at radius 3 is 2.00 bits per heavy atom. The lowest BCUT2D eigenvalue weighted by atomic mass is 10.1. The predicted octanol–water partition coefficient (Wildman–Crippen LogP) is 4.93. The first kappa shape index (κ1) is 18.3. The van der Waals surface area contributed by atoms with Gasteiger partial charge < -0.3 is 4.74 Å². The summed E-state index contributed by atoms with van der Waals surface area (Å²) in [6, 6.07) is 4.42. The molecule has 0 N–H and O–H groups in total. The summed E-state index contributed by atoms with van der Waals surface area (Å²) in [6.45, 7) is 0.157. The van der Waals surface area contributed by atoms with Crippen LogP contribution in [0.15, 0.2) is 24.3 Å². The molecule has 0 bridgehead atoms. The average Bonchev–Trinajstić information content (AvgIpc) is 2.40. The van der Waals surface area contributed by atoms with E-state index in [0.29, 0.717) is 12.8 Å². The lowest BCUT2D eigenvalue weighted by Crippen LogP contribution is -2.22. The van der Waals surface area contributed by atoms with Crippen LogP contribution in [-0.4, -0.2) is 24.7 Å². The van der Waals surface area contributed by atoms with Crippen LogP contribution in [0.25, 0.3) is 0 Å². The summed E-state index contributed by atoms with van der Waals surface area (Å²) in [5.41, 5.74) is -0.495. The van der Waals surface area contributed by atoms with Crippen molar-refractivity contribution in [2.24, 2.45) is 0 Å². The maximum absolute atomic E-state index is 12.2. The largest absolute Gasteiger partial charge is 0.494 e. The van der Waals surface area contributed by atoms with Gasteiger partial charge in [-0.2, -0.15) is 26.3 Å². The highest BCUT2D eigenvalue weighted by Crippen LogP contribution is 2.24. The van der Waals surface area contributed by atoms with Gasteiger partial charge in [0.2, 0.25) is 0 Å². The number of ketones is 1. The minimum Gasteiger partial charge on any atom is -0.494 e. The van der Waals surface area contributed by atoms with E-state index < -0.39 is 30.1 Å². The summed E-state index contributed by atoms with van der Waals surface area (Å²) in [7, 11) is 0. The number of hydrogen-bond donors (Lipinski definition) is 0. The molecule has 0 aromatic heterocycles. The monoisotopic (exact) mass is 328 g/mol. The van der Waals surface area contributed by atoms with Crippen molar-refractivity contribution in [2.45, 2.75) is 38.0 Å². The zero-order valence-electron chi connectivity index (χ0n) is 11.4. The highest BCUT2D eigenvalue weighted by molar-refractivity contribution is 6.00. The predicted molar refractivity (Wildman–Crippen MR) is 66.8 cm³/mol. The molecule has 1 aromatic carbocycles. The summed E-state index contributed by atoms with van der Waals surface area (Å²) < 4.78 is 77.4. The number of carbonyl (C=O) groups excluding carboxylic acids is 1. The van der Waals surface area contributed by atoms with Crippen LogP contribution in [0.1, 0.15) is 36.0 Å². The van der Waals surface area contributed by atoms with Gasteiger partial charge in [0.15, 0.2) is 0 Å². The number of unbranched alkanes of at least 4 members (excludes halogenated alkanes) is 2. The average molecular weight is 328 g/mol. The van der Waals surface area contributed by atoms with Crippen molar-refractivity contribution in [3.8, 4) is 5.75 Å². The molecule has 0 saturated heterocycles. The molecular weight excluding hydrogens is 314 g/mol. The molecule has 22 heavy (non-hydrogen) atoms. The van der Waals surface area contributed by atoms with E-state index in [4.69, 9.17) is 4.74 Å². The van der Waals surface area contributed by atoms with Crippen molar-refractivity contribution >= 4 is 5.78 Å². The molecule has 0 atom stereocenters. The maximum atomic E-state index is 12.2. The quantitative estimate of drug-likeness (QED) is 0.403. The van der Waals surface area contributed by atoms with Gasteiger partial charge in [0.1, 0.15) is 5.75 Å². The smallest absolute Gasteiger partial charge is 0.454 e. The minimum absolute atomic E-state index is 0.00584. The summed E-state index contributed by atoms with van der Waals surface area (Å²) >= 11 is 0. The van der Waals surface area contributed by atoms with E-state index in [1.807, 2.05) is 0 Å². The molecule has 0 aliphatic rings. The van der Waals surface area contributed by atoms with Gasteiger partial charge in [-0.15, -0.1) is 0 Å². The Kier molecular flexibility index (Phi) is 6.25. The second-order valence-corrected chi connectivity index (χ2v) is 4.63. The SMILES string of the molecule is O=C(c1ccc(OCCCCCC(F)(F)F)cc1)C(F)(F)F. The summed E-state index contributed by atoms with van der Waals surface area (Å²) in [4.78, 5) is 10.9. The highest BCUT2D eigenvalue weighted by Gasteiger charge is 2.39. The number of Topliss-reactive ketones (excluding diaryl/α,β-unsaturated/α-hetero) is 1. The summed E-state index contributed by atoms with van der Waals surface area (Å²) in [5, 5.41) is 0. The lowest BCUT2D eigenvalue weighted by molar-refractivity contribution is -0.135. The molecule has 0 heterocycles. The molecule has 1 aromatic rings. The fourth-order valence-corrected chi connectivity index (χ4v) is 1.66. The van der Waals surface area contributed by atoms with Crippen LogP contribution in [-0.2, 0) is 0 Å². The standard InChI is InChI=1S/C14H14F6O2/c15-13(16,17)8-2-1-3-9-22-11-6-4-10(5-7-11)12(21)14(18,19)20/h4-7H,1-3,8-9H2. The number of benzene rings is 1. The molecule has 124 valence electrons. The summed E-state index contributed by atoms with van der Waals surface area (Å²) in [5.74, 6) is -1.68. The maximum Gasteiger partial charge on any atom is 0.454 e. The third-order valence-electron chi connectivity index (χ3n) is 2.75. The van der Waals surface area contributed by atoms with Crippen molar-refractivity contribution in [1.82, 2.24) is 0 Å². The Morgan fingerprint density at radius 1 is 0.909 bits per heavy atom. The van der Waals surface area contributed by atoms with Crippen LogP contribution in [0.2, 0.25) is 0 Å². The Hall–Kier alpha value is -1.73. The van der Waals surface area contributed by atoms with E-state index in [1.54, 1.807) is 0 Å². The zero-order valence-corrected chi connectivity index (χ0v) is 11.4. The third kappa shape index (κ3) is 6.82. The molecule has 0 spiro atoms. The number of alkyl halides is 6. The molecule has 0 unspecified atom stereocenters. The fourth-order valence-electron chi connectivity index (χ4n) is 1.66. The Balaban J connectivity index is 2.32. The minimum atomic E-state index is -4.93. The number of ether oxygens (including phenoxy) is 1. The van der Waals surface area contributed by atoms with E-state index in [1.165, 1.54) is 12.1 Å². The van der Waals surface area contributed by atoms with Crippen molar-refractivity contribution in [3.05, 3.63) is 29.8 Å². The Labute approximate surface area is 123 Å². The van der Waals surface area contributed by atoms with Gasteiger partial charge in [-0.25, -0.2) is 0 Å². The normalized spacial score (nSPS) is 12.3. The fraction of sp³-hybridized carbons (Fsp3) is 0.500. The van der Waals surface area contributed by atoms with Crippen molar-refractivity contribution < 1.29 is 35.9 Å². The first-order valence-corrected chi connectivity index (χ1v) is 6.51. The molecular formula is C14H14F6O2. The number of rotatable bonds is 7. The topological polar surface area (TPSA) is 26.3 Å². The Morgan fingerprint density at radius 2 is 1.50 bits per heavy atom. The number of halogens is 6. The van der Waals surface area contributed by atoms with E-state index in [0.717, 1.165) is 12.1 Å². The van der Waals surface area contributed by atoms with Crippen LogP contribution in [0.5, 0.6) is 5.75 Å². The van der Waals surface area contributed by atoms with E-state index >= 15 is 0 Å². The third-order valence-corrected chi connectivity index (χ3v) is 2.75. The van der Waals surface area contributed by atoms with Gasteiger partial charge >= 0.3 is 12.4 Å². The molecule has 0 amide bonds. The second kappa shape index (κ2) is 7.51. The van der Waals surface area contributed by atoms with Gasteiger partial charge in [0.05, 0.1) is 6.61 Å². The van der Waals surface area contributed by atoms with Crippen LogP contribution in [0.4, 0.5) is 26.3 Å². The second-order valence-electron chi connectivity index (χ2n) is 4.63. The first-order chi connectivity index (χ1) is 10.1. The molecule has 0 aliphatic heterocycles. The lowest BCUT2D eigenvalue weighted by Gasteiger charge is -2.09. The molecule has 0 fully saturated rings. The van der Waals surface area contributed by atoms with Gasteiger partial charge in [0.25, 0.3) is 5.78 Å². The van der Waals surface area contributed by atoms with Crippen molar-refractivity contribution in [3.63, 3.8) is 0 Å². The van der Waals surface area contributed by atoms with Gasteiger partial charge in [-0.05, 0) is 43.5 Å².